The number of ether oxygens (including phenoxy) is 2. The molecule has 0 saturated carbocycles. The van der Waals surface area contributed by atoms with Crippen LogP contribution in [0.25, 0.3) is 0 Å². The highest BCUT2D eigenvalue weighted by Crippen LogP contribution is 2.25. The molecule has 1 aliphatic heterocycles. The van der Waals surface area contributed by atoms with Crippen molar-refractivity contribution in [1.29, 1.82) is 0 Å². The lowest BCUT2D eigenvalue weighted by molar-refractivity contribution is -0.122. The first-order valence-corrected chi connectivity index (χ1v) is 5.99. The molecule has 1 saturated heterocycles. The Morgan fingerprint density at radius 3 is 2.84 bits per heavy atom. The first kappa shape index (κ1) is 13.7. The molecule has 0 aliphatic carbocycles. The maximum Gasteiger partial charge on any atom is 0.257 e. The van der Waals surface area contributed by atoms with Gasteiger partial charge in [-0.1, -0.05) is 0 Å². The van der Waals surface area contributed by atoms with E-state index >= 15 is 0 Å². The second-order valence-corrected chi connectivity index (χ2v) is 5.31. The Kier molecular flexibility index (Phi) is 3.70. The Morgan fingerprint density at radius 2 is 2.32 bits per heavy atom. The number of rotatable bonds is 5. The summed E-state index contributed by atoms with van der Waals surface area (Å²) in [5.74, 6) is 0.105. The molecule has 0 bridgehead atoms. The van der Waals surface area contributed by atoms with Crippen LogP contribution >= 0.6 is 0 Å². The largest absolute Gasteiger partial charge is 0.461 e. The number of Topliss-reactive ketones (excluding diaryl/α,β-unsaturated/α-hetero) is 1. The van der Waals surface area contributed by atoms with Crippen molar-refractivity contribution in [3.05, 3.63) is 6.20 Å². The molecule has 0 aromatic carbocycles. The van der Waals surface area contributed by atoms with Gasteiger partial charge in [0.25, 0.3) is 5.88 Å². The Balaban J connectivity index is 2.24. The highest BCUT2D eigenvalue weighted by atomic mass is 16.6. The van der Waals surface area contributed by atoms with Gasteiger partial charge in [-0.3, -0.25) is 14.3 Å². The van der Waals surface area contributed by atoms with Crippen LogP contribution in [0.2, 0.25) is 0 Å². The fourth-order valence-corrected chi connectivity index (χ4v) is 1.64. The highest BCUT2D eigenvalue weighted by molar-refractivity contribution is 6.56. The van der Waals surface area contributed by atoms with Crippen molar-refractivity contribution < 1.29 is 19.1 Å². The van der Waals surface area contributed by atoms with Gasteiger partial charge < -0.3 is 14.8 Å². The Morgan fingerprint density at radius 1 is 1.58 bits per heavy atom. The van der Waals surface area contributed by atoms with Crippen molar-refractivity contribution in [2.75, 3.05) is 18.5 Å². The third-order valence-corrected chi connectivity index (χ3v) is 2.71. The third-order valence-electron chi connectivity index (χ3n) is 2.71. The molecule has 2 rings (SSSR count). The number of ketones is 1. The summed E-state index contributed by atoms with van der Waals surface area (Å²) in [5.41, 5.74) is 0.435. The molecule has 1 aliphatic rings. The summed E-state index contributed by atoms with van der Waals surface area (Å²) in [5, 5.41) is 6.53. The van der Waals surface area contributed by atoms with E-state index in [0.717, 1.165) is 0 Å². The van der Waals surface area contributed by atoms with Crippen LogP contribution in [0.1, 0.15) is 0 Å². The van der Waals surface area contributed by atoms with Gasteiger partial charge in [0.1, 0.15) is 35.8 Å². The quantitative estimate of drug-likeness (QED) is 0.435. The van der Waals surface area contributed by atoms with Gasteiger partial charge in [-0.2, -0.15) is 0 Å². The van der Waals surface area contributed by atoms with E-state index in [1.54, 1.807) is 10.9 Å². The van der Waals surface area contributed by atoms with Crippen LogP contribution < -0.4 is 10.1 Å². The molecule has 1 atom stereocenters. The van der Waals surface area contributed by atoms with Gasteiger partial charge in [0.2, 0.25) is 12.2 Å². The fraction of sp³-hybridized carbons (Fsp3) is 0.444. The Hall–Kier alpha value is -1.70. The predicted octanol–water partition coefficient (Wildman–Crippen LogP) is -3.73. The predicted molar refractivity (Wildman–Crippen MR) is 75.8 cm³/mol. The number of anilines is 1. The summed E-state index contributed by atoms with van der Waals surface area (Å²) in [7, 11) is 5.91. The average molecular weight is 261 g/mol. The zero-order valence-corrected chi connectivity index (χ0v) is 11.2. The molecule has 98 valence electrons. The van der Waals surface area contributed by atoms with E-state index in [4.69, 9.17) is 9.47 Å². The van der Waals surface area contributed by atoms with E-state index in [0.29, 0.717) is 12.1 Å². The van der Waals surface area contributed by atoms with Crippen LogP contribution in [0.3, 0.4) is 0 Å². The summed E-state index contributed by atoms with van der Waals surface area (Å²) in [6.45, 7) is 0.267. The maximum atomic E-state index is 11.5. The zero-order valence-electron chi connectivity index (χ0n) is 11.2. The highest BCUT2D eigenvalue weighted by Gasteiger charge is 2.29. The van der Waals surface area contributed by atoms with Gasteiger partial charge in [-0.05, 0) is 5.24 Å². The fourth-order valence-electron chi connectivity index (χ4n) is 1.64. The van der Waals surface area contributed by atoms with E-state index in [-0.39, 0.29) is 30.1 Å². The Labute approximate surface area is 113 Å². The number of nitrogens with one attached hydrogen (secondary N) is 1. The molecular weight excluding hydrogens is 247 g/mol. The van der Waals surface area contributed by atoms with Crippen LogP contribution in [-0.4, -0.2) is 64.8 Å². The number of hydrogen-bond acceptors (Lipinski definition) is 5. The minimum absolute atomic E-state index is 0.0566. The summed E-state index contributed by atoms with van der Waals surface area (Å²) in [4.78, 5) is 22.1. The topological polar surface area (TPSA) is 82.5 Å². The molecule has 1 fully saturated rings. The number of nitrogens with zero attached hydrogens (tertiary/aromatic N) is 2. The maximum absolute atomic E-state index is 11.5. The standard InChI is InChI=1S/C9H14B3N3O4/c10-9(11,12)15-1-5(13-4-16)8(14-15)19-7-3-18-2-6(7)17/h1,4,7H,2-3,10-12H2,(H,13,16). The summed E-state index contributed by atoms with van der Waals surface area (Å²) in [6.07, 6.45) is 1.56. The van der Waals surface area contributed by atoms with E-state index in [1.807, 2.05) is 23.5 Å². The summed E-state index contributed by atoms with van der Waals surface area (Å²) in [6, 6.07) is 0. The molecule has 2 heterocycles. The van der Waals surface area contributed by atoms with Crippen LogP contribution in [0.4, 0.5) is 5.69 Å². The molecule has 19 heavy (non-hydrogen) atoms. The third kappa shape index (κ3) is 3.01. The number of aromatic nitrogens is 2. The summed E-state index contributed by atoms with van der Waals surface area (Å²) >= 11 is 0. The van der Waals surface area contributed by atoms with E-state index in [9.17, 15) is 9.59 Å². The molecule has 0 radical (unpaired) electrons. The molecule has 1 unspecified atom stereocenters. The van der Waals surface area contributed by atoms with Gasteiger partial charge in [0, 0.05) is 0 Å². The van der Waals surface area contributed by atoms with Crippen LogP contribution in [-0.2, 0) is 19.6 Å². The number of amides is 1. The lowest BCUT2D eigenvalue weighted by Crippen LogP contribution is -2.35. The lowest BCUT2D eigenvalue weighted by atomic mass is 9.49. The van der Waals surface area contributed by atoms with Crippen molar-refractivity contribution in [1.82, 2.24) is 9.78 Å². The van der Waals surface area contributed by atoms with E-state index in [1.165, 1.54) is 0 Å². The van der Waals surface area contributed by atoms with Crippen molar-refractivity contribution >= 4 is 41.4 Å². The minimum Gasteiger partial charge on any atom is -0.461 e. The van der Waals surface area contributed by atoms with Gasteiger partial charge >= 0.3 is 0 Å². The number of carbonyl (C=O) groups is 2. The SMILES string of the molecule is BC(B)(B)n1cc(NC=O)c(OC2COCC2=O)n1. The molecule has 10 heteroatoms. The zero-order chi connectivity index (χ0) is 14.0. The molecule has 1 aromatic rings. The monoisotopic (exact) mass is 261 g/mol. The molecule has 1 N–H and O–H groups in total. The van der Waals surface area contributed by atoms with E-state index < -0.39 is 6.10 Å². The van der Waals surface area contributed by atoms with Crippen molar-refractivity contribution in [3.8, 4) is 5.88 Å². The van der Waals surface area contributed by atoms with Crippen LogP contribution in [0.5, 0.6) is 5.88 Å². The number of carbonyl (C=O) groups excluding carboxylic acids is 2. The van der Waals surface area contributed by atoms with E-state index in [2.05, 4.69) is 10.4 Å². The van der Waals surface area contributed by atoms with Crippen molar-refractivity contribution in [2.45, 2.75) is 11.3 Å². The molecular formula is C9H14B3N3O4. The lowest BCUT2D eigenvalue weighted by Gasteiger charge is -2.18. The molecule has 7 nitrogen and oxygen atoms in total. The number of hydrogen-bond donors (Lipinski definition) is 1. The van der Waals surface area contributed by atoms with Gasteiger partial charge in [0.05, 0.1) is 12.8 Å². The molecule has 1 amide bonds. The Bertz CT molecular complexity index is 499. The van der Waals surface area contributed by atoms with Crippen LogP contribution in [0, 0.1) is 0 Å². The second-order valence-electron chi connectivity index (χ2n) is 5.31. The normalized spacial score (nSPS) is 19.4. The first-order valence-electron chi connectivity index (χ1n) is 5.99. The van der Waals surface area contributed by atoms with Crippen molar-refractivity contribution in [2.24, 2.45) is 0 Å². The second kappa shape index (κ2) is 5.12. The first-order chi connectivity index (χ1) is 8.91. The summed E-state index contributed by atoms with van der Waals surface area (Å²) < 4.78 is 12.2. The minimum atomic E-state index is -0.657. The van der Waals surface area contributed by atoms with Gasteiger partial charge in [0.15, 0.2) is 6.10 Å². The average Bonchev–Trinajstić information content (AvgIpc) is 2.88. The molecule has 1 aromatic heterocycles. The smallest absolute Gasteiger partial charge is 0.257 e. The van der Waals surface area contributed by atoms with Gasteiger partial charge in [-0.15, -0.1) is 5.10 Å². The van der Waals surface area contributed by atoms with Gasteiger partial charge in [-0.25, -0.2) is 0 Å². The molecule has 0 spiro atoms. The van der Waals surface area contributed by atoms with Crippen LogP contribution in [0.15, 0.2) is 6.20 Å². The van der Waals surface area contributed by atoms with Crippen molar-refractivity contribution in [3.63, 3.8) is 0 Å².